The molecule has 4 bridgehead atoms. The van der Waals surface area contributed by atoms with Gasteiger partial charge in [0.15, 0.2) is 0 Å². The Labute approximate surface area is 156 Å². The van der Waals surface area contributed by atoms with Crippen molar-refractivity contribution in [1.82, 2.24) is 0 Å². The van der Waals surface area contributed by atoms with E-state index in [1.807, 2.05) is 0 Å². The number of alkyl halides is 1. The van der Waals surface area contributed by atoms with Crippen molar-refractivity contribution in [2.45, 2.75) is 76.2 Å². The zero-order valence-corrected chi connectivity index (χ0v) is 16.4. The molecule has 4 atom stereocenters. The van der Waals surface area contributed by atoms with Gasteiger partial charge in [0.25, 0.3) is 0 Å². The van der Waals surface area contributed by atoms with Gasteiger partial charge in [-0.1, -0.05) is 45.0 Å². The van der Waals surface area contributed by atoms with Crippen LogP contribution in [0.25, 0.3) is 0 Å². The summed E-state index contributed by atoms with van der Waals surface area (Å²) >= 11 is 6.83. The van der Waals surface area contributed by atoms with E-state index in [0.29, 0.717) is 18.4 Å². The van der Waals surface area contributed by atoms with E-state index in [9.17, 15) is 4.79 Å². The highest BCUT2D eigenvalue weighted by Crippen LogP contribution is 2.64. The van der Waals surface area contributed by atoms with Gasteiger partial charge in [-0.2, -0.15) is 0 Å². The lowest BCUT2D eigenvalue weighted by molar-refractivity contribution is -0.171. The Bertz CT molecular complexity index is 656. The van der Waals surface area contributed by atoms with Crippen molar-refractivity contribution in [3.8, 4) is 0 Å². The number of carbonyl (C=O) groups is 1. The molecule has 3 heteroatoms. The second kappa shape index (κ2) is 5.74. The summed E-state index contributed by atoms with van der Waals surface area (Å²) in [6.45, 7) is 6.99. The molecule has 1 aromatic rings. The monoisotopic (exact) mass is 360 g/mol. The normalized spacial score (nSPS) is 36.5. The van der Waals surface area contributed by atoms with Crippen LogP contribution in [-0.2, 0) is 21.6 Å². The largest absolute Gasteiger partial charge is 0.460 e. The molecule has 0 aliphatic heterocycles. The number of esters is 1. The SMILES string of the molecule is CC(C)(C)c1ccc(COC(=O)C23C[C@@H]4C[C@@H](CC(Cl)(C4)C2)C3)cc1. The molecule has 0 spiro atoms. The minimum absolute atomic E-state index is 0.00785. The molecular weight excluding hydrogens is 332 g/mol. The van der Waals surface area contributed by atoms with Crippen molar-refractivity contribution in [3.05, 3.63) is 35.4 Å². The number of halogens is 1. The second-order valence-electron chi connectivity index (χ2n) is 9.92. The van der Waals surface area contributed by atoms with Gasteiger partial charge in [0.2, 0.25) is 0 Å². The molecule has 4 saturated carbocycles. The van der Waals surface area contributed by atoms with Gasteiger partial charge in [-0.25, -0.2) is 0 Å². The Hall–Kier alpha value is -1.02. The van der Waals surface area contributed by atoms with E-state index in [-0.39, 0.29) is 21.7 Å². The lowest BCUT2D eigenvalue weighted by Gasteiger charge is -2.58. The van der Waals surface area contributed by atoms with Crippen LogP contribution in [-0.4, -0.2) is 10.8 Å². The molecule has 1 aromatic carbocycles. The standard InChI is InChI=1S/C22H29ClO2/c1-20(2,3)18-6-4-15(5-7-18)13-25-19(24)21-9-16-8-17(10-21)12-22(23,11-16)14-21/h4-7,16-17H,8-14H2,1-3H3/t16-,17+,21?,22?. The third-order valence-corrected chi connectivity index (χ3v) is 7.05. The van der Waals surface area contributed by atoms with Crippen molar-refractivity contribution < 1.29 is 9.53 Å². The van der Waals surface area contributed by atoms with Gasteiger partial charge in [0.1, 0.15) is 6.61 Å². The van der Waals surface area contributed by atoms with E-state index in [1.54, 1.807) is 0 Å². The zero-order valence-electron chi connectivity index (χ0n) is 15.6. The van der Waals surface area contributed by atoms with Crippen LogP contribution in [0.3, 0.4) is 0 Å². The average molecular weight is 361 g/mol. The molecule has 4 aliphatic carbocycles. The van der Waals surface area contributed by atoms with Crippen LogP contribution in [0.4, 0.5) is 0 Å². The molecule has 2 nitrogen and oxygen atoms in total. The van der Waals surface area contributed by atoms with Gasteiger partial charge >= 0.3 is 5.97 Å². The van der Waals surface area contributed by atoms with Crippen molar-refractivity contribution >= 4 is 17.6 Å². The molecule has 2 unspecified atom stereocenters. The molecule has 25 heavy (non-hydrogen) atoms. The van der Waals surface area contributed by atoms with E-state index < -0.39 is 0 Å². The highest BCUT2D eigenvalue weighted by Gasteiger charge is 2.60. The predicted molar refractivity (Wildman–Crippen MR) is 101 cm³/mol. The Kier molecular flexibility index (Phi) is 3.99. The fraction of sp³-hybridized carbons (Fsp3) is 0.682. The van der Waals surface area contributed by atoms with Crippen LogP contribution in [0.15, 0.2) is 24.3 Å². The van der Waals surface area contributed by atoms with E-state index in [0.717, 1.165) is 37.7 Å². The van der Waals surface area contributed by atoms with E-state index >= 15 is 0 Å². The van der Waals surface area contributed by atoms with Crippen molar-refractivity contribution in [3.63, 3.8) is 0 Å². The van der Waals surface area contributed by atoms with Gasteiger partial charge in [0, 0.05) is 4.87 Å². The maximum absolute atomic E-state index is 13.0. The highest BCUT2D eigenvalue weighted by atomic mass is 35.5. The van der Waals surface area contributed by atoms with E-state index in [1.165, 1.54) is 12.0 Å². The number of ether oxygens (including phenoxy) is 1. The molecule has 136 valence electrons. The first-order valence-corrected chi connectivity index (χ1v) is 10.0. The number of hydrogen-bond acceptors (Lipinski definition) is 2. The third-order valence-electron chi connectivity index (χ3n) is 6.61. The summed E-state index contributed by atoms with van der Waals surface area (Å²) in [6, 6.07) is 8.44. The number of hydrogen-bond donors (Lipinski definition) is 0. The van der Waals surface area contributed by atoms with Gasteiger partial charge in [-0.05, 0) is 66.9 Å². The second-order valence-corrected chi connectivity index (χ2v) is 10.7. The average Bonchev–Trinajstić information content (AvgIpc) is 2.49. The molecule has 0 N–H and O–H groups in total. The van der Waals surface area contributed by atoms with Gasteiger partial charge < -0.3 is 4.74 Å². The summed E-state index contributed by atoms with van der Waals surface area (Å²) in [7, 11) is 0. The molecule has 4 aliphatic rings. The number of carbonyl (C=O) groups excluding carboxylic acids is 1. The lowest BCUT2D eigenvalue weighted by Crippen LogP contribution is -2.56. The van der Waals surface area contributed by atoms with Crippen LogP contribution in [0.5, 0.6) is 0 Å². The van der Waals surface area contributed by atoms with Crippen LogP contribution in [0.1, 0.15) is 70.4 Å². The summed E-state index contributed by atoms with van der Waals surface area (Å²) in [4.78, 5) is 12.8. The fourth-order valence-electron chi connectivity index (χ4n) is 5.79. The third kappa shape index (κ3) is 3.23. The Morgan fingerprint density at radius 3 is 2.24 bits per heavy atom. The maximum Gasteiger partial charge on any atom is 0.312 e. The summed E-state index contributed by atoms with van der Waals surface area (Å²) in [5.74, 6) is 1.24. The summed E-state index contributed by atoms with van der Waals surface area (Å²) < 4.78 is 5.79. The van der Waals surface area contributed by atoms with Crippen LogP contribution < -0.4 is 0 Å². The minimum Gasteiger partial charge on any atom is -0.460 e. The number of rotatable bonds is 3. The van der Waals surface area contributed by atoms with Crippen molar-refractivity contribution in [2.75, 3.05) is 0 Å². The van der Waals surface area contributed by atoms with E-state index in [2.05, 4.69) is 45.0 Å². The first-order valence-electron chi connectivity index (χ1n) is 9.63. The van der Waals surface area contributed by atoms with Crippen LogP contribution >= 0.6 is 11.6 Å². The summed E-state index contributed by atoms with van der Waals surface area (Å²) in [5.41, 5.74) is 2.19. The quantitative estimate of drug-likeness (QED) is 0.517. The van der Waals surface area contributed by atoms with Crippen LogP contribution in [0.2, 0.25) is 0 Å². The summed E-state index contributed by atoms with van der Waals surface area (Å²) in [5, 5.41) is 0. The first-order chi connectivity index (χ1) is 11.7. The van der Waals surface area contributed by atoms with Crippen LogP contribution in [0, 0.1) is 17.3 Å². The zero-order chi connectivity index (χ0) is 17.9. The maximum atomic E-state index is 13.0. The summed E-state index contributed by atoms with van der Waals surface area (Å²) in [6.07, 6.45) is 6.23. The molecule has 0 radical (unpaired) electrons. The van der Waals surface area contributed by atoms with E-state index in [4.69, 9.17) is 16.3 Å². The fourth-order valence-corrected chi connectivity index (χ4v) is 6.48. The molecule has 0 amide bonds. The van der Waals surface area contributed by atoms with Gasteiger partial charge in [-0.3, -0.25) is 4.79 Å². The van der Waals surface area contributed by atoms with Crippen molar-refractivity contribution in [1.29, 1.82) is 0 Å². The van der Waals surface area contributed by atoms with Gasteiger partial charge in [0.05, 0.1) is 5.41 Å². The molecule has 0 aromatic heterocycles. The Balaban J connectivity index is 1.43. The molecule has 5 rings (SSSR count). The lowest BCUT2D eigenvalue weighted by atomic mass is 9.49. The Morgan fingerprint density at radius 1 is 1.12 bits per heavy atom. The molecular formula is C22H29ClO2. The molecule has 0 saturated heterocycles. The predicted octanol–water partition coefficient (Wildman–Crippen LogP) is 5.61. The number of benzene rings is 1. The minimum atomic E-state index is -0.308. The first kappa shape index (κ1) is 17.4. The van der Waals surface area contributed by atoms with Crippen molar-refractivity contribution in [2.24, 2.45) is 17.3 Å². The highest BCUT2D eigenvalue weighted by molar-refractivity contribution is 6.24. The van der Waals surface area contributed by atoms with Gasteiger partial charge in [-0.15, -0.1) is 11.6 Å². The molecule has 4 fully saturated rings. The topological polar surface area (TPSA) is 26.3 Å². The Morgan fingerprint density at radius 2 is 1.72 bits per heavy atom. The molecule has 0 heterocycles. The smallest absolute Gasteiger partial charge is 0.312 e.